The molecular weight excluding hydrogens is 448 g/mol. The Labute approximate surface area is 215 Å². The number of unbranched alkanes of at least 4 members (excludes halogenated alkanes) is 2. The number of hydrogen-bond donors (Lipinski definition) is 0. The summed E-state index contributed by atoms with van der Waals surface area (Å²) in [5.41, 5.74) is 6.62. The third kappa shape index (κ3) is 6.55. The van der Waals surface area contributed by atoms with Crippen LogP contribution in [0.4, 0.5) is 0 Å². The Bertz CT molecular complexity index is 1060. The molecule has 0 amide bonds. The Hall–Kier alpha value is -3.11. The van der Waals surface area contributed by atoms with Crippen LogP contribution < -0.4 is 4.74 Å². The van der Waals surface area contributed by atoms with Crippen molar-refractivity contribution in [2.45, 2.75) is 64.4 Å². The van der Waals surface area contributed by atoms with Gasteiger partial charge < -0.3 is 14.2 Å². The minimum Gasteiger partial charge on any atom is -0.494 e. The van der Waals surface area contributed by atoms with Gasteiger partial charge in [0.05, 0.1) is 13.2 Å². The lowest BCUT2D eigenvalue weighted by Crippen LogP contribution is -2.29. The molecule has 36 heavy (non-hydrogen) atoms. The smallest absolute Gasteiger partial charge is 0.335 e. The molecule has 1 atom stereocenters. The number of carbonyl (C=O) groups excluding carboxylic acids is 1. The normalized spacial score (nSPS) is 13.2. The van der Waals surface area contributed by atoms with Crippen LogP contribution in [0.5, 0.6) is 5.75 Å². The molecule has 0 radical (unpaired) electrons. The largest absolute Gasteiger partial charge is 0.494 e. The van der Waals surface area contributed by atoms with E-state index in [4.69, 9.17) is 14.2 Å². The van der Waals surface area contributed by atoms with E-state index in [1.807, 2.05) is 31.2 Å². The van der Waals surface area contributed by atoms with E-state index in [-0.39, 0.29) is 5.97 Å². The number of carbonyl (C=O) groups is 1. The van der Waals surface area contributed by atoms with Gasteiger partial charge in [0.2, 0.25) is 0 Å². The van der Waals surface area contributed by atoms with E-state index >= 15 is 0 Å². The maximum atomic E-state index is 12.3. The fourth-order valence-corrected chi connectivity index (χ4v) is 5.01. The molecule has 190 valence electrons. The van der Waals surface area contributed by atoms with E-state index in [1.165, 1.54) is 22.3 Å². The van der Waals surface area contributed by atoms with Crippen molar-refractivity contribution >= 4 is 5.97 Å². The Morgan fingerprint density at radius 2 is 1.47 bits per heavy atom. The van der Waals surface area contributed by atoms with E-state index < -0.39 is 6.10 Å². The topological polar surface area (TPSA) is 44.8 Å². The molecule has 0 N–H and O–H groups in total. The zero-order chi connectivity index (χ0) is 25.2. The lowest BCUT2D eigenvalue weighted by Gasteiger charge is -2.17. The quantitative estimate of drug-likeness (QED) is 0.177. The van der Waals surface area contributed by atoms with Gasteiger partial charge in [-0.3, -0.25) is 0 Å². The second-order valence-electron chi connectivity index (χ2n) is 9.38. The molecule has 0 aliphatic heterocycles. The highest BCUT2D eigenvalue weighted by atomic mass is 16.6. The molecule has 3 aromatic rings. The van der Waals surface area contributed by atoms with Crippen LogP contribution in [0.1, 0.15) is 68.6 Å². The fourth-order valence-electron chi connectivity index (χ4n) is 5.01. The molecule has 0 bridgehead atoms. The predicted molar refractivity (Wildman–Crippen MR) is 144 cm³/mol. The number of hydrogen-bond acceptors (Lipinski definition) is 4. The van der Waals surface area contributed by atoms with Gasteiger partial charge in [-0.05, 0) is 66.1 Å². The van der Waals surface area contributed by atoms with Gasteiger partial charge in [-0.15, -0.1) is 0 Å². The first-order valence-electron chi connectivity index (χ1n) is 13.4. The first kappa shape index (κ1) is 26.0. The molecule has 4 rings (SSSR count). The number of esters is 1. The van der Waals surface area contributed by atoms with Crippen molar-refractivity contribution < 1.29 is 19.0 Å². The molecule has 0 fully saturated rings. The zero-order valence-electron chi connectivity index (χ0n) is 21.6. The van der Waals surface area contributed by atoms with Crippen molar-refractivity contribution in [2.75, 3.05) is 19.8 Å². The second kappa shape index (κ2) is 13.3. The first-order chi connectivity index (χ1) is 17.7. The monoisotopic (exact) mass is 486 g/mol. The van der Waals surface area contributed by atoms with Crippen LogP contribution >= 0.6 is 0 Å². The average molecular weight is 487 g/mol. The molecule has 0 heterocycles. The third-order valence-corrected chi connectivity index (χ3v) is 6.83. The van der Waals surface area contributed by atoms with Crippen LogP contribution in [-0.4, -0.2) is 31.9 Å². The van der Waals surface area contributed by atoms with Crippen molar-refractivity contribution in [3.63, 3.8) is 0 Å². The summed E-state index contributed by atoms with van der Waals surface area (Å²) in [5.74, 6) is 0.993. The Morgan fingerprint density at radius 1 is 0.806 bits per heavy atom. The SMILES string of the molecule is CCCCCOC(Cc1ccc(OCCCC2c3ccccc3-c3ccccc32)cc1)C(=O)OCC. The van der Waals surface area contributed by atoms with Gasteiger partial charge in [-0.2, -0.15) is 0 Å². The van der Waals surface area contributed by atoms with E-state index in [1.54, 1.807) is 0 Å². The summed E-state index contributed by atoms with van der Waals surface area (Å²) in [6, 6.07) is 25.5. The first-order valence-corrected chi connectivity index (χ1v) is 13.4. The van der Waals surface area contributed by atoms with E-state index in [0.29, 0.717) is 32.2 Å². The van der Waals surface area contributed by atoms with Crippen LogP contribution in [0.2, 0.25) is 0 Å². The van der Waals surface area contributed by atoms with Crippen molar-refractivity contribution in [3.05, 3.63) is 89.5 Å². The standard InChI is InChI=1S/C32H38O4/c1-3-5-10-21-36-31(32(33)34-4-2)23-24-17-19-25(20-18-24)35-22-11-16-30-28-14-8-6-12-26(28)27-13-7-9-15-29(27)30/h6-9,12-15,17-20,30-31H,3-5,10-11,16,21-23H2,1-2H3. The van der Waals surface area contributed by atoms with Crippen molar-refractivity contribution in [2.24, 2.45) is 0 Å². The van der Waals surface area contributed by atoms with Crippen molar-refractivity contribution in [1.29, 1.82) is 0 Å². The van der Waals surface area contributed by atoms with Gasteiger partial charge >= 0.3 is 5.97 Å². The zero-order valence-corrected chi connectivity index (χ0v) is 21.6. The lowest BCUT2D eigenvalue weighted by atomic mass is 9.92. The summed E-state index contributed by atoms with van der Waals surface area (Å²) < 4.78 is 17.1. The summed E-state index contributed by atoms with van der Waals surface area (Å²) in [6.07, 6.45) is 5.15. The molecule has 3 aromatic carbocycles. The third-order valence-electron chi connectivity index (χ3n) is 6.83. The fraction of sp³-hybridized carbons (Fsp3) is 0.406. The molecule has 0 spiro atoms. The van der Waals surface area contributed by atoms with Gasteiger partial charge in [0, 0.05) is 18.9 Å². The summed E-state index contributed by atoms with van der Waals surface area (Å²) in [6.45, 7) is 5.58. The molecule has 4 nitrogen and oxygen atoms in total. The maximum absolute atomic E-state index is 12.3. The van der Waals surface area contributed by atoms with Crippen LogP contribution in [0.25, 0.3) is 11.1 Å². The highest BCUT2D eigenvalue weighted by molar-refractivity contribution is 5.78. The van der Waals surface area contributed by atoms with E-state index in [0.717, 1.165) is 43.4 Å². The second-order valence-corrected chi connectivity index (χ2v) is 9.38. The molecule has 0 saturated heterocycles. The van der Waals surface area contributed by atoms with Crippen LogP contribution in [-0.2, 0) is 20.7 Å². The number of ether oxygens (including phenoxy) is 3. The summed E-state index contributed by atoms with van der Waals surface area (Å²) in [5, 5.41) is 0. The highest BCUT2D eigenvalue weighted by Gasteiger charge is 2.27. The predicted octanol–water partition coefficient (Wildman–Crippen LogP) is 7.34. The van der Waals surface area contributed by atoms with Crippen molar-refractivity contribution in [1.82, 2.24) is 0 Å². The van der Waals surface area contributed by atoms with E-state index in [9.17, 15) is 4.79 Å². The summed E-state index contributed by atoms with van der Waals surface area (Å²) >= 11 is 0. The van der Waals surface area contributed by atoms with Crippen LogP contribution in [0.15, 0.2) is 72.8 Å². The van der Waals surface area contributed by atoms with Gasteiger partial charge in [0.15, 0.2) is 6.10 Å². The molecule has 4 heteroatoms. The van der Waals surface area contributed by atoms with Crippen molar-refractivity contribution in [3.8, 4) is 16.9 Å². The summed E-state index contributed by atoms with van der Waals surface area (Å²) in [7, 11) is 0. The minimum absolute atomic E-state index is 0.288. The van der Waals surface area contributed by atoms with E-state index in [2.05, 4.69) is 55.5 Å². The number of fused-ring (bicyclic) bond motifs is 3. The van der Waals surface area contributed by atoms with Gasteiger partial charge in [-0.1, -0.05) is 80.4 Å². The molecule has 0 saturated carbocycles. The molecule has 0 aromatic heterocycles. The Morgan fingerprint density at radius 3 is 2.11 bits per heavy atom. The molecular formula is C32H38O4. The van der Waals surface area contributed by atoms with Crippen LogP contribution in [0, 0.1) is 0 Å². The van der Waals surface area contributed by atoms with Gasteiger partial charge in [0.1, 0.15) is 5.75 Å². The molecule has 1 unspecified atom stereocenters. The maximum Gasteiger partial charge on any atom is 0.335 e. The number of rotatable bonds is 14. The van der Waals surface area contributed by atoms with Gasteiger partial charge in [0.25, 0.3) is 0 Å². The molecule has 1 aliphatic carbocycles. The average Bonchev–Trinajstić information content (AvgIpc) is 3.23. The Balaban J connectivity index is 1.27. The Kier molecular flexibility index (Phi) is 9.57. The van der Waals surface area contributed by atoms with Crippen LogP contribution in [0.3, 0.4) is 0 Å². The molecule has 1 aliphatic rings. The summed E-state index contributed by atoms with van der Waals surface area (Å²) in [4.78, 5) is 12.3. The number of benzene rings is 3. The lowest BCUT2D eigenvalue weighted by molar-refractivity contribution is -0.156. The highest BCUT2D eigenvalue weighted by Crippen LogP contribution is 2.46. The van der Waals surface area contributed by atoms with Gasteiger partial charge in [-0.25, -0.2) is 4.79 Å². The minimum atomic E-state index is -0.564.